The number of carbonyl (C=O) groups is 1. The molecular weight excluding hydrogens is 323 g/mol. The van der Waals surface area contributed by atoms with E-state index in [1.807, 2.05) is 18.2 Å². The Hall–Kier alpha value is -1.01. The fourth-order valence-corrected chi connectivity index (χ4v) is 2.66. The smallest absolute Gasteiger partial charge is 0.233 e. The summed E-state index contributed by atoms with van der Waals surface area (Å²) in [4.78, 5) is 16.1. The highest BCUT2D eigenvalue weighted by molar-refractivity contribution is 6.30. The van der Waals surface area contributed by atoms with Crippen molar-refractivity contribution < 1.29 is 4.79 Å². The van der Waals surface area contributed by atoms with E-state index in [1.165, 1.54) is 5.69 Å². The Morgan fingerprint density at radius 2 is 2.00 bits per heavy atom. The molecule has 2 N–H and O–H groups in total. The van der Waals surface area contributed by atoms with Gasteiger partial charge < -0.3 is 15.5 Å². The number of likely N-dealkylation sites (N-methyl/N-ethyl adjacent to an activating group) is 1. The van der Waals surface area contributed by atoms with Gasteiger partial charge in [-0.25, -0.2) is 0 Å². The molecule has 1 aliphatic rings. The second kappa shape index (κ2) is 9.90. The molecule has 0 aliphatic carbocycles. The van der Waals surface area contributed by atoms with Gasteiger partial charge >= 0.3 is 0 Å². The van der Waals surface area contributed by atoms with Crippen molar-refractivity contribution in [1.29, 1.82) is 0 Å². The molecule has 1 heterocycles. The molecule has 1 amide bonds. The maximum atomic E-state index is 11.3. The lowest BCUT2D eigenvalue weighted by Gasteiger charge is -2.36. The van der Waals surface area contributed by atoms with Gasteiger partial charge in [0.2, 0.25) is 5.91 Å². The number of benzene rings is 1. The van der Waals surface area contributed by atoms with Gasteiger partial charge in [0.15, 0.2) is 0 Å². The van der Waals surface area contributed by atoms with Crippen LogP contribution in [0.25, 0.3) is 0 Å². The maximum Gasteiger partial charge on any atom is 0.233 e. The fraction of sp³-hybridized carbons (Fsp3) is 0.533. The predicted octanol–water partition coefficient (Wildman–Crippen LogP) is 1.22. The zero-order valence-corrected chi connectivity index (χ0v) is 14.4. The first-order valence-corrected chi connectivity index (χ1v) is 7.71. The van der Waals surface area contributed by atoms with E-state index < -0.39 is 0 Å². The summed E-state index contributed by atoms with van der Waals surface area (Å²) in [5.41, 5.74) is 1.18. The number of piperazine rings is 1. The van der Waals surface area contributed by atoms with E-state index in [9.17, 15) is 4.79 Å². The van der Waals surface area contributed by atoms with Gasteiger partial charge in [0.1, 0.15) is 0 Å². The molecule has 1 aromatic rings. The van der Waals surface area contributed by atoms with Crippen LogP contribution in [0.15, 0.2) is 24.3 Å². The minimum atomic E-state index is 0. The van der Waals surface area contributed by atoms with Gasteiger partial charge in [-0.3, -0.25) is 9.69 Å². The topological polar surface area (TPSA) is 47.6 Å². The van der Waals surface area contributed by atoms with Crippen molar-refractivity contribution >= 4 is 35.6 Å². The lowest BCUT2D eigenvalue weighted by molar-refractivity contribution is -0.120. The Morgan fingerprint density at radius 3 is 2.64 bits per heavy atom. The summed E-state index contributed by atoms with van der Waals surface area (Å²) in [5, 5.41) is 6.53. The van der Waals surface area contributed by atoms with E-state index in [0.717, 1.165) is 37.7 Å². The summed E-state index contributed by atoms with van der Waals surface area (Å²) in [7, 11) is 1.77. The molecule has 0 atom stereocenters. The van der Waals surface area contributed by atoms with E-state index in [2.05, 4.69) is 26.5 Å². The van der Waals surface area contributed by atoms with Crippen molar-refractivity contribution in [1.82, 2.24) is 15.5 Å². The Morgan fingerprint density at radius 1 is 1.27 bits per heavy atom. The molecule has 2 rings (SSSR count). The standard InChI is InChI=1S/C15H23ClN4O.ClH/c1-17-12-15(21)18-5-6-19-7-9-20(10-8-19)14-4-2-3-13(16)11-14;/h2-4,11,17H,5-10,12H2,1H3,(H,18,21);1H. The number of anilines is 1. The summed E-state index contributed by atoms with van der Waals surface area (Å²) in [6.45, 7) is 5.98. The third-order valence-electron chi connectivity index (χ3n) is 3.63. The zero-order valence-electron chi connectivity index (χ0n) is 12.8. The molecule has 5 nitrogen and oxygen atoms in total. The molecule has 124 valence electrons. The van der Waals surface area contributed by atoms with Gasteiger partial charge in [0.05, 0.1) is 6.54 Å². The highest BCUT2D eigenvalue weighted by Gasteiger charge is 2.17. The molecule has 1 saturated heterocycles. The van der Waals surface area contributed by atoms with Gasteiger partial charge in [0, 0.05) is 50.0 Å². The van der Waals surface area contributed by atoms with Crippen LogP contribution in [0.3, 0.4) is 0 Å². The SMILES string of the molecule is CNCC(=O)NCCN1CCN(c2cccc(Cl)c2)CC1.Cl. The summed E-state index contributed by atoms with van der Waals surface area (Å²) in [6, 6.07) is 7.99. The monoisotopic (exact) mass is 346 g/mol. The molecule has 0 aromatic heterocycles. The van der Waals surface area contributed by atoms with Crippen LogP contribution in [-0.4, -0.2) is 63.7 Å². The minimum absolute atomic E-state index is 0. The van der Waals surface area contributed by atoms with Crippen LogP contribution < -0.4 is 15.5 Å². The molecule has 1 fully saturated rings. The van der Waals surface area contributed by atoms with Crippen molar-refractivity contribution in [2.75, 3.05) is 57.8 Å². The minimum Gasteiger partial charge on any atom is -0.369 e. The van der Waals surface area contributed by atoms with E-state index in [1.54, 1.807) is 7.05 Å². The van der Waals surface area contributed by atoms with E-state index >= 15 is 0 Å². The van der Waals surface area contributed by atoms with Gasteiger partial charge in [0.25, 0.3) is 0 Å². The normalized spacial score (nSPS) is 15.3. The molecule has 0 spiro atoms. The highest BCUT2D eigenvalue weighted by Crippen LogP contribution is 2.20. The Balaban J connectivity index is 0.00000242. The highest BCUT2D eigenvalue weighted by atomic mass is 35.5. The average Bonchev–Trinajstić information content (AvgIpc) is 2.48. The zero-order chi connectivity index (χ0) is 15.1. The van der Waals surface area contributed by atoms with E-state index in [4.69, 9.17) is 11.6 Å². The van der Waals surface area contributed by atoms with E-state index in [-0.39, 0.29) is 18.3 Å². The van der Waals surface area contributed by atoms with Crippen molar-refractivity contribution in [2.45, 2.75) is 0 Å². The Kier molecular flexibility index (Phi) is 8.56. The molecule has 22 heavy (non-hydrogen) atoms. The van der Waals surface area contributed by atoms with Crippen molar-refractivity contribution in [3.63, 3.8) is 0 Å². The number of rotatable bonds is 6. The molecule has 1 aromatic carbocycles. The Bertz CT molecular complexity index is 465. The average molecular weight is 347 g/mol. The van der Waals surface area contributed by atoms with Crippen LogP contribution in [0.1, 0.15) is 0 Å². The number of hydrogen-bond donors (Lipinski definition) is 2. The maximum absolute atomic E-state index is 11.3. The third kappa shape index (κ3) is 6.01. The van der Waals surface area contributed by atoms with Gasteiger partial charge in [-0.05, 0) is 25.2 Å². The number of nitrogens with one attached hydrogen (secondary N) is 2. The number of hydrogen-bond acceptors (Lipinski definition) is 4. The van der Waals surface area contributed by atoms with Gasteiger partial charge in [-0.2, -0.15) is 0 Å². The lowest BCUT2D eigenvalue weighted by atomic mass is 10.2. The van der Waals surface area contributed by atoms with Crippen LogP contribution in [0.4, 0.5) is 5.69 Å². The van der Waals surface area contributed by atoms with E-state index in [0.29, 0.717) is 13.1 Å². The number of amides is 1. The predicted molar refractivity (Wildman–Crippen MR) is 94.3 cm³/mol. The van der Waals surface area contributed by atoms with Crippen molar-refractivity contribution in [3.8, 4) is 0 Å². The molecular formula is C15H24Cl2N4O. The summed E-state index contributed by atoms with van der Waals surface area (Å²) >= 11 is 6.03. The first kappa shape index (κ1) is 19.0. The first-order valence-electron chi connectivity index (χ1n) is 7.33. The van der Waals surface area contributed by atoms with Gasteiger partial charge in [-0.1, -0.05) is 17.7 Å². The quantitative estimate of drug-likeness (QED) is 0.813. The van der Waals surface area contributed by atoms with Gasteiger partial charge in [-0.15, -0.1) is 12.4 Å². The molecule has 7 heteroatoms. The lowest BCUT2D eigenvalue weighted by Crippen LogP contribution is -2.48. The molecule has 0 unspecified atom stereocenters. The molecule has 0 bridgehead atoms. The summed E-state index contributed by atoms with van der Waals surface area (Å²) < 4.78 is 0. The second-order valence-electron chi connectivity index (χ2n) is 5.19. The van der Waals surface area contributed by atoms with Crippen molar-refractivity contribution in [3.05, 3.63) is 29.3 Å². The van der Waals surface area contributed by atoms with Crippen LogP contribution in [0.5, 0.6) is 0 Å². The van der Waals surface area contributed by atoms with Crippen LogP contribution in [0.2, 0.25) is 5.02 Å². The molecule has 0 saturated carbocycles. The van der Waals surface area contributed by atoms with Crippen molar-refractivity contribution in [2.24, 2.45) is 0 Å². The largest absolute Gasteiger partial charge is 0.369 e. The third-order valence-corrected chi connectivity index (χ3v) is 3.87. The number of nitrogens with zero attached hydrogens (tertiary/aromatic N) is 2. The van der Waals surface area contributed by atoms with Crippen LogP contribution in [-0.2, 0) is 4.79 Å². The van der Waals surface area contributed by atoms with Crippen LogP contribution >= 0.6 is 24.0 Å². The molecule has 1 aliphatic heterocycles. The number of carbonyl (C=O) groups excluding carboxylic acids is 1. The Labute approximate surface area is 143 Å². The second-order valence-corrected chi connectivity index (χ2v) is 5.63. The summed E-state index contributed by atoms with van der Waals surface area (Å²) in [6.07, 6.45) is 0. The number of halogens is 2. The van der Waals surface area contributed by atoms with Crippen LogP contribution in [0, 0.1) is 0 Å². The first-order chi connectivity index (χ1) is 10.2. The summed E-state index contributed by atoms with van der Waals surface area (Å²) in [5.74, 6) is 0.0510. The molecule has 0 radical (unpaired) electrons. The fourth-order valence-electron chi connectivity index (χ4n) is 2.48.